The number of nitrogens with zero attached hydrogens (tertiary/aromatic N) is 2. The number of halogens is 3. The molecule has 34 heavy (non-hydrogen) atoms. The zero-order chi connectivity index (χ0) is 25.8. The number of allylic oxidation sites excluding steroid dienone is 7. The van der Waals surface area contributed by atoms with Crippen molar-refractivity contribution in [2.45, 2.75) is 40.8 Å². The summed E-state index contributed by atoms with van der Waals surface area (Å²) >= 11 is 0. The van der Waals surface area contributed by atoms with Gasteiger partial charge >= 0.3 is 6.18 Å². The van der Waals surface area contributed by atoms with Crippen molar-refractivity contribution >= 4 is 17.3 Å². The van der Waals surface area contributed by atoms with Crippen molar-refractivity contribution in [1.82, 2.24) is 0 Å². The molecular formula is C28H31F3N2O. The van der Waals surface area contributed by atoms with E-state index in [4.69, 9.17) is 0 Å². The van der Waals surface area contributed by atoms with Crippen molar-refractivity contribution in [3.8, 4) is 0 Å². The van der Waals surface area contributed by atoms with E-state index in [9.17, 15) is 18.0 Å². The van der Waals surface area contributed by atoms with Gasteiger partial charge in [0.05, 0.1) is 17.0 Å². The summed E-state index contributed by atoms with van der Waals surface area (Å²) in [7, 11) is 0. The summed E-state index contributed by atoms with van der Waals surface area (Å²) < 4.78 is 39.7. The molecule has 1 heterocycles. The SMILES string of the molecule is C=C/C(=C\C(=C/C)C(F)(F)F)N=C1C(=O)N(C(=C)/C=C(\C=C)C(C)(C)C(C)C)c2ccccc21. The third-order valence-electron chi connectivity index (χ3n) is 6.21. The number of fused-ring (bicyclic) bond motifs is 1. The van der Waals surface area contributed by atoms with Crippen molar-refractivity contribution < 1.29 is 18.0 Å². The van der Waals surface area contributed by atoms with Gasteiger partial charge in [-0.25, -0.2) is 4.99 Å². The second-order valence-corrected chi connectivity index (χ2v) is 8.80. The Bertz CT molecular complexity index is 1130. The van der Waals surface area contributed by atoms with Crippen LogP contribution < -0.4 is 4.90 Å². The molecule has 2 rings (SSSR count). The Morgan fingerprint density at radius 2 is 1.68 bits per heavy atom. The molecule has 0 bridgehead atoms. The molecule has 180 valence electrons. The summed E-state index contributed by atoms with van der Waals surface area (Å²) in [5.74, 6) is -0.173. The zero-order valence-electron chi connectivity index (χ0n) is 20.3. The van der Waals surface area contributed by atoms with E-state index in [1.807, 2.05) is 6.08 Å². The average Bonchev–Trinajstić information content (AvgIpc) is 3.04. The van der Waals surface area contributed by atoms with Crippen molar-refractivity contribution in [2.75, 3.05) is 4.90 Å². The topological polar surface area (TPSA) is 32.7 Å². The molecule has 0 saturated heterocycles. The van der Waals surface area contributed by atoms with Gasteiger partial charge in [0.25, 0.3) is 5.91 Å². The highest BCUT2D eigenvalue weighted by Crippen LogP contribution is 2.38. The Kier molecular flexibility index (Phi) is 8.09. The van der Waals surface area contributed by atoms with Crippen LogP contribution in [0.25, 0.3) is 0 Å². The van der Waals surface area contributed by atoms with Crippen molar-refractivity contribution in [3.05, 3.63) is 102 Å². The van der Waals surface area contributed by atoms with Crippen LogP contribution in [0.5, 0.6) is 0 Å². The molecule has 0 atom stereocenters. The van der Waals surface area contributed by atoms with Crippen LogP contribution in [0, 0.1) is 11.3 Å². The summed E-state index contributed by atoms with van der Waals surface area (Å²) in [6.07, 6.45) is 2.03. The average molecular weight is 469 g/mol. The lowest BCUT2D eigenvalue weighted by molar-refractivity contribution is -0.111. The van der Waals surface area contributed by atoms with Crippen molar-refractivity contribution in [3.63, 3.8) is 0 Å². The number of rotatable bonds is 8. The molecule has 1 aromatic rings. The third kappa shape index (κ3) is 5.38. The van der Waals surface area contributed by atoms with Gasteiger partial charge in [0.15, 0.2) is 0 Å². The lowest BCUT2D eigenvalue weighted by Crippen LogP contribution is -2.29. The van der Waals surface area contributed by atoms with E-state index < -0.39 is 17.7 Å². The highest BCUT2D eigenvalue weighted by molar-refractivity contribution is 6.55. The fourth-order valence-corrected chi connectivity index (χ4v) is 3.43. The first-order valence-corrected chi connectivity index (χ1v) is 10.9. The number of benzene rings is 1. The van der Waals surface area contributed by atoms with Crippen LogP contribution in [0.3, 0.4) is 0 Å². The smallest absolute Gasteiger partial charge is 0.276 e. The predicted octanol–water partition coefficient (Wildman–Crippen LogP) is 7.71. The van der Waals surface area contributed by atoms with Gasteiger partial charge in [-0.1, -0.05) is 77.8 Å². The number of aliphatic imine (C=N–C) groups is 1. The normalized spacial score (nSPS) is 16.9. The van der Waals surface area contributed by atoms with E-state index in [0.29, 0.717) is 22.9 Å². The van der Waals surface area contributed by atoms with Gasteiger partial charge in [0, 0.05) is 11.3 Å². The second-order valence-electron chi connectivity index (χ2n) is 8.80. The van der Waals surface area contributed by atoms with Crippen molar-refractivity contribution in [2.24, 2.45) is 16.3 Å². The van der Waals surface area contributed by atoms with E-state index in [2.05, 4.69) is 52.4 Å². The highest BCUT2D eigenvalue weighted by Gasteiger charge is 2.36. The first-order valence-electron chi connectivity index (χ1n) is 10.9. The maximum absolute atomic E-state index is 13.4. The van der Waals surface area contributed by atoms with Gasteiger partial charge < -0.3 is 0 Å². The first kappa shape index (κ1) is 26.8. The van der Waals surface area contributed by atoms with Gasteiger partial charge in [0.1, 0.15) is 5.71 Å². The Morgan fingerprint density at radius 3 is 2.18 bits per heavy atom. The molecule has 0 aromatic heterocycles. The van der Waals surface area contributed by atoms with Gasteiger partial charge in [-0.3, -0.25) is 9.69 Å². The summed E-state index contributed by atoms with van der Waals surface area (Å²) in [5, 5.41) is 0. The number of anilines is 1. The number of alkyl halides is 3. The number of carbonyl (C=O) groups excluding carboxylic acids is 1. The van der Waals surface area contributed by atoms with Gasteiger partial charge in [-0.15, -0.1) is 0 Å². The summed E-state index contributed by atoms with van der Waals surface area (Å²) in [6, 6.07) is 6.97. The summed E-state index contributed by atoms with van der Waals surface area (Å²) in [6.45, 7) is 21.3. The number of hydrogen-bond acceptors (Lipinski definition) is 2. The molecule has 0 aliphatic carbocycles. The number of para-hydroxylation sites is 1. The van der Waals surface area contributed by atoms with Gasteiger partial charge in [0.2, 0.25) is 0 Å². The number of amides is 1. The van der Waals surface area contributed by atoms with E-state index in [1.165, 1.54) is 17.9 Å². The zero-order valence-corrected chi connectivity index (χ0v) is 20.3. The monoisotopic (exact) mass is 468 g/mol. The maximum atomic E-state index is 13.4. The molecule has 1 aliphatic heterocycles. The molecule has 1 aliphatic rings. The third-order valence-corrected chi connectivity index (χ3v) is 6.21. The number of carbonyl (C=O) groups is 1. The Balaban J connectivity index is 2.61. The molecule has 0 spiro atoms. The molecule has 0 N–H and O–H groups in total. The molecular weight excluding hydrogens is 437 g/mol. The fraction of sp³-hybridized carbons (Fsp3) is 0.286. The first-order chi connectivity index (χ1) is 15.8. The minimum absolute atomic E-state index is 0.0252. The maximum Gasteiger partial charge on any atom is 0.416 e. The molecule has 6 heteroatoms. The Morgan fingerprint density at radius 1 is 1.06 bits per heavy atom. The Hall–Kier alpha value is -3.41. The molecule has 1 aromatic carbocycles. The van der Waals surface area contributed by atoms with E-state index in [-0.39, 0.29) is 16.8 Å². The molecule has 1 amide bonds. The quantitative estimate of drug-likeness (QED) is 0.360. The largest absolute Gasteiger partial charge is 0.416 e. The van der Waals surface area contributed by atoms with Crippen molar-refractivity contribution in [1.29, 1.82) is 0 Å². The minimum Gasteiger partial charge on any atom is -0.276 e. The van der Waals surface area contributed by atoms with Gasteiger partial charge in [-0.05, 0) is 48.1 Å². The predicted molar refractivity (Wildman–Crippen MR) is 135 cm³/mol. The van der Waals surface area contributed by atoms with E-state index >= 15 is 0 Å². The van der Waals surface area contributed by atoms with Crippen LogP contribution in [0.1, 0.15) is 40.2 Å². The van der Waals surface area contributed by atoms with Crippen LogP contribution in [0.4, 0.5) is 18.9 Å². The van der Waals surface area contributed by atoms with Crippen LogP contribution in [-0.4, -0.2) is 17.8 Å². The molecule has 0 radical (unpaired) electrons. The highest BCUT2D eigenvalue weighted by atomic mass is 19.4. The molecule has 0 saturated carbocycles. The van der Waals surface area contributed by atoms with E-state index in [0.717, 1.165) is 17.7 Å². The lowest BCUT2D eigenvalue weighted by atomic mass is 9.74. The minimum atomic E-state index is -4.55. The van der Waals surface area contributed by atoms with Crippen LogP contribution >= 0.6 is 0 Å². The fourth-order valence-electron chi connectivity index (χ4n) is 3.43. The van der Waals surface area contributed by atoms with Crippen LogP contribution in [0.15, 0.2) is 102 Å². The summed E-state index contributed by atoms with van der Waals surface area (Å²) in [5.41, 5.74) is 1.26. The second kappa shape index (κ2) is 10.2. The Labute approximate surface area is 200 Å². The number of hydrogen-bond donors (Lipinski definition) is 0. The molecule has 3 nitrogen and oxygen atoms in total. The van der Waals surface area contributed by atoms with Gasteiger partial charge in [-0.2, -0.15) is 13.2 Å². The van der Waals surface area contributed by atoms with Crippen LogP contribution in [-0.2, 0) is 4.79 Å². The molecule has 0 fully saturated rings. The van der Waals surface area contributed by atoms with E-state index in [1.54, 1.807) is 30.3 Å². The summed E-state index contributed by atoms with van der Waals surface area (Å²) in [4.78, 5) is 19.1. The lowest BCUT2D eigenvalue weighted by Gasteiger charge is -2.31. The standard InChI is InChI=1S/C28H31F3N2O/c1-9-20(27(7,8)18(4)5)16-19(6)33-24-15-13-12-14-23(24)25(26(33)34)32-22(11-3)17-21(10-2)28(29,30)31/h9-18H,1,3,6H2,2,4-5,7-8H3/b20-16+,21-10+,22-17+,32-25?. The molecule has 0 unspecified atom stereocenters. The van der Waals surface area contributed by atoms with Crippen LogP contribution in [0.2, 0.25) is 0 Å².